The molecule has 3 rings (SSSR count). The third-order valence-corrected chi connectivity index (χ3v) is 4.80. The summed E-state index contributed by atoms with van der Waals surface area (Å²) in [6.07, 6.45) is 0. The Morgan fingerprint density at radius 1 is 1.19 bits per heavy atom. The van der Waals surface area contributed by atoms with Gasteiger partial charge >= 0.3 is 0 Å². The first-order valence-corrected chi connectivity index (χ1v) is 9.47. The van der Waals surface area contributed by atoms with Crippen LogP contribution in [-0.4, -0.2) is 31.6 Å². The van der Waals surface area contributed by atoms with Gasteiger partial charge in [-0.1, -0.05) is 12.1 Å². The van der Waals surface area contributed by atoms with Gasteiger partial charge in [0, 0.05) is 11.3 Å². The Labute approximate surface area is 156 Å². The summed E-state index contributed by atoms with van der Waals surface area (Å²) in [5, 5.41) is 14.7. The van der Waals surface area contributed by atoms with Gasteiger partial charge in [-0.25, -0.2) is 13.6 Å². The van der Waals surface area contributed by atoms with Crippen LogP contribution >= 0.6 is 0 Å². The second-order valence-corrected chi connectivity index (χ2v) is 7.43. The number of sulfonamides is 1. The predicted molar refractivity (Wildman–Crippen MR) is 101 cm³/mol. The van der Waals surface area contributed by atoms with Gasteiger partial charge in [-0.3, -0.25) is 9.89 Å². The fourth-order valence-corrected chi connectivity index (χ4v) is 3.29. The number of aromatic nitrogens is 2. The minimum atomic E-state index is -3.97. The molecular formula is C18H18N4O4S. The summed E-state index contributed by atoms with van der Waals surface area (Å²) in [5.41, 5.74) is 2.80. The van der Waals surface area contributed by atoms with Crippen LogP contribution in [0, 0.1) is 6.92 Å². The van der Waals surface area contributed by atoms with Crippen molar-refractivity contribution in [2.24, 2.45) is 5.14 Å². The van der Waals surface area contributed by atoms with Crippen molar-refractivity contribution in [2.45, 2.75) is 11.8 Å². The third-order valence-electron chi connectivity index (χ3n) is 3.86. The van der Waals surface area contributed by atoms with Crippen LogP contribution in [0.2, 0.25) is 0 Å². The van der Waals surface area contributed by atoms with Crippen molar-refractivity contribution in [1.82, 2.24) is 10.2 Å². The molecule has 0 bridgehead atoms. The monoisotopic (exact) mass is 386 g/mol. The molecule has 0 aliphatic rings. The molecule has 1 amide bonds. The lowest BCUT2D eigenvalue weighted by Gasteiger charge is -2.07. The second kappa shape index (κ2) is 7.22. The number of primary sulfonamides is 1. The second-order valence-electron chi connectivity index (χ2n) is 5.90. The van der Waals surface area contributed by atoms with E-state index in [1.54, 1.807) is 12.1 Å². The highest BCUT2D eigenvalue weighted by atomic mass is 32.2. The first kappa shape index (κ1) is 18.6. The van der Waals surface area contributed by atoms with Crippen LogP contribution in [0.25, 0.3) is 11.3 Å². The SMILES string of the molecule is COc1ccc(-c2cc(C(=O)Nc3cccc(C)c3)[nH]n2)cc1S(N)(=O)=O. The van der Waals surface area contributed by atoms with Gasteiger partial charge in [-0.05, 0) is 48.9 Å². The fourth-order valence-electron chi connectivity index (χ4n) is 2.57. The van der Waals surface area contributed by atoms with E-state index in [1.165, 1.54) is 25.3 Å². The number of nitrogens with one attached hydrogen (secondary N) is 2. The van der Waals surface area contributed by atoms with Gasteiger partial charge in [-0.15, -0.1) is 0 Å². The van der Waals surface area contributed by atoms with E-state index in [2.05, 4.69) is 15.5 Å². The van der Waals surface area contributed by atoms with Crippen LogP contribution in [0.4, 0.5) is 5.69 Å². The quantitative estimate of drug-likeness (QED) is 0.620. The van der Waals surface area contributed by atoms with Crippen molar-refractivity contribution in [1.29, 1.82) is 0 Å². The molecule has 9 heteroatoms. The van der Waals surface area contributed by atoms with Crippen molar-refractivity contribution < 1.29 is 17.9 Å². The Bertz CT molecular complexity index is 1110. The molecule has 1 heterocycles. The maximum atomic E-state index is 12.4. The van der Waals surface area contributed by atoms with Crippen LogP contribution in [0.1, 0.15) is 16.1 Å². The normalized spacial score (nSPS) is 11.2. The lowest BCUT2D eigenvalue weighted by atomic mass is 10.1. The van der Waals surface area contributed by atoms with Gasteiger partial charge in [0.25, 0.3) is 5.91 Å². The number of aryl methyl sites for hydroxylation is 1. The van der Waals surface area contributed by atoms with Crippen LogP contribution in [-0.2, 0) is 10.0 Å². The smallest absolute Gasteiger partial charge is 0.273 e. The number of amides is 1. The predicted octanol–water partition coefficient (Wildman–Crippen LogP) is 2.29. The Balaban J connectivity index is 1.88. The number of carbonyl (C=O) groups is 1. The summed E-state index contributed by atoms with van der Waals surface area (Å²) in [5.74, 6) is -0.228. The molecule has 140 valence electrons. The summed E-state index contributed by atoms with van der Waals surface area (Å²) in [6.45, 7) is 1.93. The molecule has 0 unspecified atom stereocenters. The van der Waals surface area contributed by atoms with E-state index in [4.69, 9.17) is 9.88 Å². The summed E-state index contributed by atoms with van der Waals surface area (Å²) >= 11 is 0. The molecule has 3 aromatic rings. The maximum Gasteiger partial charge on any atom is 0.273 e. The zero-order valence-electron chi connectivity index (χ0n) is 14.7. The van der Waals surface area contributed by atoms with Gasteiger partial charge in [-0.2, -0.15) is 5.10 Å². The van der Waals surface area contributed by atoms with Gasteiger partial charge in [0.15, 0.2) is 0 Å². The first-order valence-electron chi connectivity index (χ1n) is 7.92. The highest BCUT2D eigenvalue weighted by molar-refractivity contribution is 7.89. The Morgan fingerprint density at radius 2 is 1.96 bits per heavy atom. The molecule has 0 saturated heterocycles. The van der Waals surface area contributed by atoms with Gasteiger partial charge in [0.2, 0.25) is 10.0 Å². The van der Waals surface area contributed by atoms with Crippen molar-refractivity contribution in [3.63, 3.8) is 0 Å². The molecule has 0 radical (unpaired) electrons. The average Bonchev–Trinajstić information content (AvgIpc) is 3.10. The summed E-state index contributed by atoms with van der Waals surface area (Å²) in [7, 11) is -2.62. The molecule has 0 spiro atoms. The van der Waals surface area contributed by atoms with E-state index in [0.29, 0.717) is 16.9 Å². The number of ether oxygens (including phenoxy) is 1. The van der Waals surface area contributed by atoms with E-state index in [-0.39, 0.29) is 22.2 Å². The van der Waals surface area contributed by atoms with Gasteiger partial charge < -0.3 is 10.1 Å². The van der Waals surface area contributed by atoms with E-state index in [0.717, 1.165) is 5.56 Å². The molecule has 0 fully saturated rings. The molecule has 0 saturated carbocycles. The highest BCUT2D eigenvalue weighted by Crippen LogP contribution is 2.28. The first-order chi connectivity index (χ1) is 12.8. The Morgan fingerprint density at radius 3 is 2.63 bits per heavy atom. The Kier molecular flexibility index (Phi) is 4.98. The minimum absolute atomic E-state index is 0.134. The largest absolute Gasteiger partial charge is 0.495 e. The number of aromatic amines is 1. The third kappa shape index (κ3) is 4.15. The fraction of sp³-hybridized carbons (Fsp3) is 0.111. The van der Waals surface area contributed by atoms with E-state index < -0.39 is 10.0 Å². The number of H-pyrrole nitrogens is 1. The number of carbonyl (C=O) groups excluding carboxylic acids is 1. The molecule has 4 N–H and O–H groups in total. The summed E-state index contributed by atoms with van der Waals surface area (Å²) in [6, 6.07) is 13.4. The number of hydrogen-bond donors (Lipinski definition) is 3. The lowest BCUT2D eigenvalue weighted by molar-refractivity contribution is 0.102. The van der Waals surface area contributed by atoms with Gasteiger partial charge in [0.05, 0.1) is 12.8 Å². The number of rotatable bonds is 5. The van der Waals surface area contributed by atoms with Crippen LogP contribution in [0.15, 0.2) is 53.4 Å². The molecule has 8 nitrogen and oxygen atoms in total. The molecule has 0 aliphatic carbocycles. The van der Waals surface area contributed by atoms with E-state index >= 15 is 0 Å². The van der Waals surface area contributed by atoms with Crippen LogP contribution in [0.3, 0.4) is 0 Å². The van der Waals surface area contributed by atoms with Gasteiger partial charge in [0.1, 0.15) is 16.3 Å². The highest BCUT2D eigenvalue weighted by Gasteiger charge is 2.18. The standard InChI is InChI=1S/C18H18N4O4S/c1-11-4-3-5-13(8-11)20-18(23)15-10-14(21-22-15)12-6-7-16(26-2)17(9-12)27(19,24)25/h3-10H,1-2H3,(H,20,23)(H,21,22)(H2,19,24,25). The minimum Gasteiger partial charge on any atom is -0.495 e. The van der Waals surface area contributed by atoms with Crippen LogP contribution < -0.4 is 15.2 Å². The molecule has 0 aliphatic heterocycles. The molecule has 0 atom stereocenters. The van der Waals surface area contributed by atoms with Crippen molar-refractivity contribution in [2.75, 3.05) is 12.4 Å². The van der Waals surface area contributed by atoms with Crippen molar-refractivity contribution >= 4 is 21.6 Å². The van der Waals surface area contributed by atoms with Crippen molar-refractivity contribution in [3.05, 3.63) is 59.8 Å². The maximum absolute atomic E-state index is 12.4. The molecule has 27 heavy (non-hydrogen) atoms. The molecule has 1 aromatic heterocycles. The van der Waals surface area contributed by atoms with E-state index in [9.17, 15) is 13.2 Å². The molecular weight excluding hydrogens is 368 g/mol. The Hall–Kier alpha value is -3.17. The molecule has 2 aromatic carbocycles. The summed E-state index contributed by atoms with van der Waals surface area (Å²) < 4.78 is 28.5. The zero-order chi connectivity index (χ0) is 19.6. The zero-order valence-corrected chi connectivity index (χ0v) is 15.5. The summed E-state index contributed by atoms with van der Waals surface area (Å²) in [4.78, 5) is 12.2. The van der Waals surface area contributed by atoms with Crippen LogP contribution in [0.5, 0.6) is 5.75 Å². The van der Waals surface area contributed by atoms with Crippen molar-refractivity contribution in [3.8, 4) is 17.0 Å². The number of nitrogens with two attached hydrogens (primary N) is 1. The lowest BCUT2D eigenvalue weighted by Crippen LogP contribution is -2.13. The number of anilines is 1. The average molecular weight is 386 g/mol. The number of methoxy groups -OCH3 is 1. The van der Waals surface area contributed by atoms with E-state index in [1.807, 2.05) is 25.1 Å². The number of nitrogens with zero attached hydrogens (tertiary/aromatic N) is 1. The topological polar surface area (TPSA) is 127 Å². The number of benzene rings is 2. The number of hydrogen-bond acceptors (Lipinski definition) is 5.